The summed E-state index contributed by atoms with van der Waals surface area (Å²) < 4.78 is 13.2. The zero-order valence-electron chi connectivity index (χ0n) is 14.3. The third-order valence-corrected chi connectivity index (χ3v) is 7.67. The third kappa shape index (κ3) is 1.44. The van der Waals surface area contributed by atoms with Gasteiger partial charge < -0.3 is 9.47 Å². The predicted molar refractivity (Wildman–Crippen MR) is 85.4 cm³/mol. The van der Waals surface area contributed by atoms with Crippen LogP contribution in [-0.4, -0.2) is 41.0 Å². The molecule has 5 rings (SSSR count). The average Bonchev–Trinajstić information content (AvgIpc) is 3.04. The maximum Gasteiger partial charge on any atom is 0.145 e. The van der Waals surface area contributed by atoms with E-state index in [9.17, 15) is 0 Å². The molecule has 3 saturated heterocycles. The molecule has 0 unspecified atom stereocenters. The Labute approximate surface area is 134 Å². The van der Waals surface area contributed by atoms with Crippen LogP contribution in [0.2, 0.25) is 0 Å². The molecule has 122 valence electrons. The minimum atomic E-state index is -0.194. The number of rotatable bonds is 0. The summed E-state index contributed by atoms with van der Waals surface area (Å²) in [5, 5.41) is 0. The minimum absolute atomic E-state index is 0.114. The van der Waals surface area contributed by atoms with Gasteiger partial charge in [0.2, 0.25) is 0 Å². The van der Waals surface area contributed by atoms with Crippen molar-refractivity contribution in [3.05, 3.63) is 12.2 Å². The molecule has 4 heterocycles. The van der Waals surface area contributed by atoms with Crippen molar-refractivity contribution in [3.63, 3.8) is 0 Å². The molecule has 2 bridgehead atoms. The van der Waals surface area contributed by atoms with Crippen LogP contribution < -0.4 is 0 Å². The molecule has 0 N–H and O–H groups in total. The van der Waals surface area contributed by atoms with Crippen LogP contribution in [-0.2, 0) is 9.47 Å². The summed E-state index contributed by atoms with van der Waals surface area (Å²) in [6.07, 6.45) is 10.5. The summed E-state index contributed by atoms with van der Waals surface area (Å²) >= 11 is 0. The van der Waals surface area contributed by atoms with Crippen LogP contribution in [0.4, 0.5) is 0 Å². The fourth-order valence-electron chi connectivity index (χ4n) is 6.30. The van der Waals surface area contributed by atoms with Gasteiger partial charge in [0.1, 0.15) is 11.8 Å². The largest absolute Gasteiger partial charge is 0.359 e. The first-order chi connectivity index (χ1) is 10.4. The van der Waals surface area contributed by atoms with E-state index < -0.39 is 0 Å². The first-order valence-electron chi connectivity index (χ1n) is 9.15. The van der Waals surface area contributed by atoms with Gasteiger partial charge in [0.25, 0.3) is 0 Å². The van der Waals surface area contributed by atoms with Gasteiger partial charge in [-0.05, 0) is 45.1 Å². The van der Waals surface area contributed by atoms with E-state index in [1.165, 1.54) is 19.3 Å². The number of hydrogen-bond donors (Lipinski definition) is 0. The van der Waals surface area contributed by atoms with E-state index in [0.29, 0.717) is 18.1 Å². The van der Waals surface area contributed by atoms with Crippen LogP contribution >= 0.6 is 0 Å². The molecule has 1 aliphatic carbocycles. The van der Waals surface area contributed by atoms with Crippen molar-refractivity contribution < 1.29 is 9.47 Å². The van der Waals surface area contributed by atoms with Crippen molar-refractivity contribution in [2.75, 3.05) is 6.54 Å². The smallest absolute Gasteiger partial charge is 0.145 e. The van der Waals surface area contributed by atoms with Gasteiger partial charge in [-0.25, -0.2) is 0 Å². The van der Waals surface area contributed by atoms with Crippen LogP contribution in [0.15, 0.2) is 12.2 Å². The summed E-state index contributed by atoms with van der Waals surface area (Å²) in [5.41, 5.74) is 0.235. The molecule has 4 fully saturated rings. The summed E-state index contributed by atoms with van der Waals surface area (Å²) in [4.78, 5) is 2.65. The lowest BCUT2D eigenvalue weighted by Gasteiger charge is -2.56. The molecule has 3 nitrogen and oxygen atoms in total. The summed E-state index contributed by atoms with van der Waals surface area (Å²) in [7, 11) is 0. The highest BCUT2D eigenvalue weighted by Crippen LogP contribution is 2.63. The van der Waals surface area contributed by atoms with Gasteiger partial charge in [0.05, 0.1) is 12.2 Å². The van der Waals surface area contributed by atoms with Crippen LogP contribution in [0.3, 0.4) is 0 Å². The number of hydrogen-bond acceptors (Lipinski definition) is 3. The first kappa shape index (κ1) is 14.0. The SMILES string of the molecule is C[C@@H]1CC[C@@H]2[C@@H](C1)O[C@@H]1N(C[C@]3(C)C[C@@H]4C=C[C@]13O4)C2(C)C. The maximum atomic E-state index is 6.77. The Morgan fingerprint density at radius 2 is 2.00 bits per heavy atom. The van der Waals surface area contributed by atoms with E-state index in [4.69, 9.17) is 9.47 Å². The van der Waals surface area contributed by atoms with Gasteiger partial charge in [0, 0.05) is 23.4 Å². The molecule has 22 heavy (non-hydrogen) atoms. The van der Waals surface area contributed by atoms with Crippen molar-refractivity contribution in [1.29, 1.82) is 0 Å². The average molecular weight is 303 g/mol. The zero-order valence-corrected chi connectivity index (χ0v) is 14.3. The minimum Gasteiger partial charge on any atom is -0.359 e. The fraction of sp³-hybridized carbons (Fsp3) is 0.895. The standard InChI is InChI=1S/C19H29NO2/c1-12-5-6-14-15(9-12)21-16-19-8-7-13(22-19)10-18(19,4)11-20(16)17(14,2)3/h7-8,12-16H,5-6,9-11H2,1-4H3/t12-,13+,14-,15-,16+,18+,19+/m1/s1. The fourth-order valence-corrected chi connectivity index (χ4v) is 6.30. The van der Waals surface area contributed by atoms with Gasteiger partial charge >= 0.3 is 0 Å². The molecular formula is C19H29NO2. The highest BCUT2D eigenvalue weighted by atomic mass is 16.6. The van der Waals surface area contributed by atoms with Gasteiger partial charge in [-0.2, -0.15) is 0 Å². The Morgan fingerprint density at radius 1 is 1.18 bits per heavy atom. The van der Waals surface area contributed by atoms with Crippen LogP contribution in [0.5, 0.6) is 0 Å². The Morgan fingerprint density at radius 3 is 2.77 bits per heavy atom. The van der Waals surface area contributed by atoms with Crippen molar-refractivity contribution in [3.8, 4) is 0 Å². The quantitative estimate of drug-likeness (QED) is 0.641. The Balaban J connectivity index is 1.57. The van der Waals surface area contributed by atoms with Crippen LogP contribution in [0, 0.1) is 17.3 Å². The van der Waals surface area contributed by atoms with E-state index in [1.807, 2.05) is 0 Å². The topological polar surface area (TPSA) is 21.7 Å². The van der Waals surface area contributed by atoms with Gasteiger partial charge in [-0.15, -0.1) is 0 Å². The second kappa shape index (κ2) is 3.99. The Bertz CT molecular complexity index is 544. The predicted octanol–water partition coefficient (Wildman–Crippen LogP) is 3.35. The monoisotopic (exact) mass is 303 g/mol. The summed E-state index contributed by atoms with van der Waals surface area (Å²) in [5.74, 6) is 1.46. The van der Waals surface area contributed by atoms with E-state index in [1.54, 1.807) is 0 Å². The highest BCUT2D eigenvalue weighted by Gasteiger charge is 2.72. The Hall–Kier alpha value is -0.380. The summed E-state index contributed by atoms with van der Waals surface area (Å²) in [6.45, 7) is 10.8. The molecule has 1 saturated carbocycles. The molecule has 0 aromatic rings. The van der Waals surface area contributed by atoms with E-state index in [2.05, 4.69) is 44.7 Å². The third-order valence-electron chi connectivity index (χ3n) is 7.67. The van der Waals surface area contributed by atoms with Crippen molar-refractivity contribution in [2.24, 2.45) is 17.3 Å². The van der Waals surface area contributed by atoms with Crippen LogP contribution in [0.1, 0.15) is 53.4 Å². The van der Waals surface area contributed by atoms with Crippen molar-refractivity contribution >= 4 is 0 Å². The van der Waals surface area contributed by atoms with Crippen molar-refractivity contribution in [1.82, 2.24) is 4.90 Å². The molecule has 0 aromatic carbocycles. The number of fused-ring (bicyclic) bond motifs is 3. The van der Waals surface area contributed by atoms with Gasteiger partial charge in [0.15, 0.2) is 0 Å². The molecule has 0 aromatic heterocycles. The normalized spacial score (nSPS) is 58.5. The lowest BCUT2D eigenvalue weighted by molar-refractivity contribution is -0.255. The van der Waals surface area contributed by atoms with E-state index >= 15 is 0 Å². The summed E-state index contributed by atoms with van der Waals surface area (Å²) in [6, 6.07) is 0. The molecular weight excluding hydrogens is 274 g/mol. The van der Waals surface area contributed by atoms with Gasteiger partial charge in [-0.3, -0.25) is 4.90 Å². The van der Waals surface area contributed by atoms with Gasteiger partial charge in [-0.1, -0.05) is 26.3 Å². The Kier molecular flexibility index (Phi) is 2.54. The van der Waals surface area contributed by atoms with E-state index in [-0.39, 0.29) is 22.8 Å². The van der Waals surface area contributed by atoms with Crippen LogP contribution in [0.25, 0.3) is 0 Å². The molecule has 4 aliphatic heterocycles. The van der Waals surface area contributed by atoms with Crippen molar-refractivity contribution in [2.45, 2.75) is 83.0 Å². The number of ether oxygens (including phenoxy) is 2. The molecule has 0 amide bonds. The zero-order chi connectivity index (χ0) is 15.3. The maximum absolute atomic E-state index is 6.77. The lowest BCUT2D eigenvalue weighted by atomic mass is 9.69. The highest BCUT2D eigenvalue weighted by molar-refractivity contribution is 5.32. The molecule has 1 spiro atoms. The molecule has 3 heteroatoms. The molecule has 5 aliphatic rings. The number of nitrogens with zero attached hydrogens (tertiary/aromatic N) is 1. The molecule has 0 radical (unpaired) electrons. The molecule has 7 atom stereocenters. The lowest BCUT2D eigenvalue weighted by Crippen LogP contribution is -2.65. The second-order valence-electron chi connectivity index (χ2n) is 9.41. The first-order valence-corrected chi connectivity index (χ1v) is 9.15. The van der Waals surface area contributed by atoms with E-state index in [0.717, 1.165) is 18.9 Å². The second-order valence-corrected chi connectivity index (χ2v) is 9.41.